The Bertz CT molecular complexity index is 774. The second kappa shape index (κ2) is 10.4. The van der Waals surface area contributed by atoms with Crippen molar-refractivity contribution < 1.29 is 14.3 Å². The molecule has 144 valence electrons. The van der Waals surface area contributed by atoms with E-state index in [4.69, 9.17) is 4.74 Å². The number of hydrogen-bond acceptors (Lipinski definition) is 3. The molecule has 0 radical (unpaired) electrons. The maximum Gasteiger partial charge on any atom is 0.259 e. The lowest BCUT2D eigenvalue weighted by atomic mass is 10.1. The molecule has 0 aliphatic heterocycles. The molecule has 1 N–H and O–H groups in total. The fourth-order valence-electron chi connectivity index (χ4n) is 2.66. The highest BCUT2D eigenvalue weighted by atomic mass is 16.5. The molecule has 0 aliphatic rings. The molecule has 2 rings (SSSR count). The number of anilines is 2. The molecule has 0 bridgehead atoms. The summed E-state index contributed by atoms with van der Waals surface area (Å²) in [6.45, 7) is 4.27. The second-order valence-corrected chi connectivity index (χ2v) is 6.49. The molecular weight excluding hydrogens is 340 g/mol. The van der Waals surface area contributed by atoms with Gasteiger partial charge in [0.15, 0.2) is 0 Å². The summed E-state index contributed by atoms with van der Waals surface area (Å²) in [6, 6.07) is 14.4. The first-order valence-corrected chi connectivity index (χ1v) is 9.40. The molecule has 27 heavy (non-hydrogen) atoms. The molecule has 0 spiro atoms. The highest BCUT2D eigenvalue weighted by Gasteiger charge is 2.13. The van der Waals surface area contributed by atoms with Crippen LogP contribution in [0.3, 0.4) is 0 Å². The summed E-state index contributed by atoms with van der Waals surface area (Å²) in [5.74, 6) is 0.283. The molecule has 0 aromatic heterocycles. The third kappa shape index (κ3) is 6.13. The lowest BCUT2D eigenvalue weighted by molar-refractivity contribution is -0.116. The van der Waals surface area contributed by atoms with Crippen molar-refractivity contribution >= 4 is 23.2 Å². The van der Waals surface area contributed by atoms with Crippen LogP contribution < -0.4 is 15.0 Å². The van der Waals surface area contributed by atoms with Gasteiger partial charge in [-0.05, 0) is 36.8 Å². The molecule has 2 amide bonds. The van der Waals surface area contributed by atoms with Gasteiger partial charge in [-0.3, -0.25) is 9.59 Å². The third-order valence-electron chi connectivity index (χ3n) is 4.35. The highest BCUT2D eigenvalue weighted by molar-refractivity contribution is 6.06. The number of nitrogens with one attached hydrogen (secondary N) is 1. The van der Waals surface area contributed by atoms with Crippen molar-refractivity contribution in [1.29, 1.82) is 0 Å². The summed E-state index contributed by atoms with van der Waals surface area (Å²) in [4.78, 5) is 25.8. The molecule has 0 fully saturated rings. The lowest BCUT2D eigenvalue weighted by Gasteiger charge is -2.16. The van der Waals surface area contributed by atoms with Crippen LogP contribution in [-0.2, 0) is 4.79 Å². The van der Waals surface area contributed by atoms with Crippen LogP contribution in [0, 0.1) is 0 Å². The molecular formula is C22H28N2O3. The Morgan fingerprint density at radius 2 is 1.81 bits per heavy atom. The van der Waals surface area contributed by atoms with E-state index in [-0.39, 0.29) is 11.8 Å². The number of ether oxygens (including phenoxy) is 1. The van der Waals surface area contributed by atoms with Gasteiger partial charge >= 0.3 is 0 Å². The van der Waals surface area contributed by atoms with Crippen LogP contribution >= 0.6 is 0 Å². The first-order valence-electron chi connectivity index (χ1n) is 9.40. The summed E-state index contributed by atoms with van der Waals surface area (Å²) in [7, 11) is 1.70. The number of unbranched alkanes of at least 4 members (excludes halogenated alkanes) is 3. The first-order chi connectivity index (χ1) is 13.0. The van der Waals surface area contributed by atoms with Crippen molar-refractivity contribution in [2.24, 2.45) is 0 Å². The van der Waals surface area contributed by atoms with E-state index in [1.165, 1.54) is 24.7 Å². The number of para-hydroxylation sites is 1. The molecule has 5 heteroatoms. The summed E-state index contributed by atoms with van der Waals surface area (Å²) in [5.41, 5.74) is 1.85. The van der Waals surface area contributed by atoms with E-state index in [1.54, 1.807) is 31.3 Å². The van der Waals surface area contributed by atoms with Crippen molar-refractivity contribution in [3.05, 3.63) is 54.1 Å². The highest BCUT2D eigenvalue weighted by Crippen LogP contribution is 2.22. The van der Waals surface area contributed by atoms with E-state index >= 15 is 0 Å². The number of amides is 2. The van der Waals surface area contributed by atoms with E-state index in [9.17, 15) is 9.59 Å². The number of benzene rings is 2. The van der Waals surface area contributed by atoms with Gasteiger partial charge in [0.1, 0.15) is 5.75 Å². The van der Waals surface area contributed by atoms with Crippen molar-refractivity contribution in [2.75, 3.05) is 23.9 Å². The van der Waals surface area contributed by atoms with Crippen LogP contribution in [0.1, 0.15) is 49.9 Å². The Hall–Kier alpha value is -2.82. The second-order valence-electron chi connectivity index (χ2n) is 6.49. The van der Waals surface area contributed by atoms with Gasteiger partial charge in [0, 0.05) is 25.3 Å². The standard InChI is InChI=1S/C22H28N2O3/c1-4-5-6-9-15-27-21-14-8-7-13-20(21)22(26)23-18-11-10-12-19(16-18)24(3)17(2)25/h7-8,10-14,16H,4-6,9,15H2,1-3H3,(H,23,26). The van der Waals surface area contributed by atoms with Crippen molar-refractivity contribution in [3.63, 3.8) is 0 Å². The third-order valence-corrected chi connectivity index (χ3v) is 4.35. The quantitative estimate of drug-likeness (QED) is 0.642. The van der Waals surface area contributed by atoms with Gasteiger partial charge < -0.3 is 15.0 Å². The number of carbonyl (C=O) groups is 2. The van der Waals surface area contributed by atoms with Crippen molar-refractivity contribution in [2.45, 2.75) is 39.5 Å². The maximum atomic E-state index is 12.7. The van der Waals surface area contributed by atoms with Gasteiger partial charge in [-0.2, -0.15) is 0 Å². The molecule has 0 atom stereocenters. The van der Waals surface area contributed by atoms with Gasteiger partial charge in [0.25, 0.3) is 5.91 Å². The Labute approximate surface area is 161 Å². The fraction of sp³-hybridized carbons (Fsp3) is 0.364. The average Bonchev–Trinajstić information content (AvgIpc) is 2.67. The Balaban J connectivity index is 2.06. The molecule has 0 saturated carbocycles. The van der Waals surface area contributed by atoms with Gasteiger partial charge in [0.2, 0.25) is 5.91 Å². The first kappa shape index (κ1) is 20.5. The average molecular weight is 368 g/mol. The Morgan fingerprint density at radius 1 is 1.04 bits per heavy atom. The normalized spacial score (nSPS) is 10.3. The summed E-state index contributed by atoms with van der Waals surface area (Å²) in [6.07, 6.45) is 4.47. The zero-order valence-electron chi connectivity index (χ0n) is 16.3. The number of hydrogen-bond donors (Lipinski definition) is 1. The largest absolute Gasteiger partial charge is 0.493 e. The predicted octanol–water partition coefficient (Wildman–Crippen LogP) is 4.88. The van der Waals surface area contributed by atoms with Crippen LogP contribution in [0.4, 0.5) is 11.4 Å². The smallest absolute Gasteiger partial charge is 0.259 e. The molecule has 2 aromatic rings. The fourth-order valence-corrected chi connectivity index (χ4v) is 2.66. The van der Waals surface area contributed by atoms with Crippen LogP contribution in [0.15, 0.2) is 48.5 Å². The van der Waals surface area contributed by atoms with Crippen molar-refractivity contribution in [1.82, 2.24) is 0 Å². The minimum atomic E-state index is -0.234. The van der Waals surface area contributed by atoms with Crippen LogP contribution in [0.25, 0.3) is 0 Å². The Kier molecular flexibility index (Phi) is 7.86. The van der Waals surface area contributed by atoms with Crippen LogP contribution in [0.2, 0.25) is 0 Å². The molecule has 2 aromatic carbocycles. The number of rotatable bonds is 9. The monoisotopic (exact) mass is 368 g/mol. The topological polar surface area (TPSA) is 58.6 Å². The van der Waals surface area contributed by atoms with Gasteiger partial charge in [0.05, 0.1) is 12.2 Å². The zero-order valence-corrected chi connectivity index (χ0v) is 16.3. The van der Waals surface area contributed by atoms with E-state index in [2.05, 4.69) is 12.2 Å². The van der Waals surface area contributed by atoms with Crippen LogP contribution in [-0.4, -0.2) is 25.5 Å². The molecule has 5 nitrogen and oxygen atoms in total. The van der Waals surface area contributed by atoms with Gasteiger partial charge in [-0.25, -0.2) is 0 Å². The molecule has 0 saturated heterocycles. The maximum absolute atomic E-state index is 12.7. The van der Waals surface area contributed by atoms with E-state index < -0.39 is 0 Å². The zero-order chi connectivity index (χ0) is 19.6. The summed E-state index contributed by atoms with van der Waals surface area (Å²) in [5, 5.41) is 2.89. The number of nitrogens with zero attached hydrogens (tertiary/aromatic N) is 1. The van der Waals surface area contributed by atoms with E-state index in [1.807, 2.05) is 24.3 Å². The Morgan fingerprint density at radius 3 is 2.56 bits per heavy atom. The lowest BCUT2D eigenvalue weighted by Crippen LogP contribution is -2.23. The predicted molar refractivity (Wildman–Crippen MR) is 110 cm³/mol. The minimum Gasteiger partial charge on any atom is -0.493 e. The van der Waals surface area contributed by atoms with E-state index in [0.717, 1.165) is 18.5 Å². The molecule has 0 unspecified atom stereocenters. The minimum absolute atomic E-state index is 0.0692. The SMILES string of the molecule is CCCCCCOc1ccccc1C(=O)Nc1cccc(N(C)C(C)=O)c1. The summed E-state index contributed by atoms with van der Waals surface area (Å²) < 4.78 is 5.82. The van der Waals surface area contributed by atoms with Crippen LogP contribution in [0.5, 0.6) is 5.75 Å². The molecule has 0 heterocycles. The number of carbonyl (C=O) groups excluding carboxylic acids is 2. The molecule has 0 aliphatic carbocycles. The van der Waals surface area contributed by atoms with E-state index in [0.29, 0.717) is 23.6 Å². The van der Waals surface area contributed by atoms with Gasteiger partial charge in [-0.1, -0.05) is 44.4 Å². The summed E-state index contributed by atoms with van der Waals surface area (Å²) >= 11 is 0. The van der Waals surface area contributed by atoms with Gasteiger partial charge in [-0.15, -0.1) is 0 Å². The van der Waals surface area contributed by atoms with Crippen molar-refractivity contribution in [3.8, 4) is 5.75 Å².